The predicted octanol–water partition coefficient (Wildman–Crippen LogP) is 5.35. The normalized spacial score (nSPS) is 21.9. The summed E-state index contributed by atoms with van der Waals surface area (Å²) in [6.45, 7) is 1.91. The third kappa shape index (κ3) is 6.52. The lowest BCUT2D eigenvalue weighted by atomic mass is 9.74. The van der Waals surface area contributed by atoms with E-state index in [0.29, 0.717) is 22.9 Å². The van der Waals surface area contributed by atoms with E-state index < -0.39 is 27.8 Å². The Hall–Kier alpha value is -2.09. The number of benzene rings is 2. The summed E-state index contributed by atoms with van der Waals surface area (Å²) >= 11 is 12.4. The van der Waals surface area contributed by atoms with Crippen molar-refractivity contribution >= 4 is 44.9 Å². The Kier molecular flexibility index (Phi) is 8.66. The predicted molar refractivity (Wildman–Crippen MR) is 134 cm³/mol. The van der Waals surface area contributed by atoms with Gasteiger partial charge in [0.2, 0.25) is 5.91 Å². The third-order valence-corrected chi connectivity index (χ3v) is 7.88. The van der Waals surface area contributed by atoms with E-state index in [-0.39, 0.29) is 36.5 Å². The smallest absolute Gasteiger partial charge is 0.304 e. The van der Waals surface area contributed by atoms with Gasteiger partial charge in [-0.25, -0.2) is 8.42 Å². The summed E-state index contributed by atoms with van der Waals surface area (Å²) in [6, 6.07) is 13.8. The van der Waals surface area contributed by atoms with Crippen molar-refractivity contribution in [2.24, 2.45) is 5.92 Å². The number of carbonyl (C=O) groups excluding carboxylic acids is 1. The summed E-state index contributed by atoms with van der Waals surface area (Å²) in [5, 5.41) is 10.6. The minimum absolute atomic E-state index is 0.0615. The molecule has 2 unspecified atom stereocenters. The number of halogens is 2. The minimum Gasteiger partial charge on any atom is -0.481 e. The Balaban J connectivity index is 2.16. The van der Waals surface area contributed by atoms with Crippen LogP contribution in [0.15, 0.2) is 48.5 Å². The highest BCUT2D eigenvalue weighted by molar-refractivity contribution is 7.90. The molecule has 0 radical (unpaired) electrons. The monoisotopic (exact) mass is 525 g/mol. The first-order valence-corrected chi connectivity index (χ1v) is 14.0. The number of piperidine rings is 1. The number of sulfone groups is 1. The Morgan fingerprint density at radius 2 is 1.79 bits per heavy atom. The van der Waals surface area contributed by atoms with Crippen molar-refractivity contribution < 1.29 is 23.1 Å². The highest BCUT2D eigenvalue weighted by atomic mass is 35.5. The average Bonchev–Trinajstić information content (AvgIpc) is 2.76. The average molecular weight is 526 g/mol. The maximum absolute atomic E-state index is 13.7. The molecule has 1 N–H and O–H groups in total. The molecule has 4 atom stereocenters. The first kappa shape index (κ1) is 26.5. The van der Waals surface area contributed by atoms with Gasteiger partial charge < -0.3 is 10.0 Å². The third-order valence-electron chi connectivity index (χ3n) is 6.42. The van der Waals surface area contributed by atoms with Gasteiger partial charge in [-0.1, -0.05) is 54.4 Å². The molecule has 1 aliphatic heterocycles. The second-order valence-electron chi connectivity index (χ2n) is 8.91. The minimum atomic E-state index is -3.24. The zero-order chi connectivity index (χ0) is 25.0. The van der Waals surface area contributed by atoms with E-state index in [2.05, 4.69) is 0 Å². The van der Waals surface area contributed by atoms with Crippen molar-refractivity contribution in [1.29, 1.82) is 0 Å². The molecule has 0 bridgehead atoms. The molecule has 1 saturated heterocycles. The van der Waals surface area contributed by atoms with Crippen molar-refractivity contribution in [3.05, 3.63) is 69.7 Å². The van der Waals surface area contributed by atoms with Crippen molar-refractivity contribution in [2.45, 2.75) is 50.6 Å². The summed E-state index contributed by atoms with van der Waals surface area (Å²) in [4.78, 5) is 27.1. The molecule has 0 aliphatic carbocycles. The number of hydrogen-bond acceptors (Lipinski definition) is 4. The Bertz CT molecular complexity index is 1140. The van der Waals surface area contributed by atoms with Crippen molar-refractivity contribution in [3.8, 4) is 0 Å². The molecule has 6 nitrogen and oxygen atoms in total. The Morgan fingerprint density at radius 3 is 2.35 bits per heavy atom. The van der Waals surface area contributed by atoms with Gasteiger partial charge in [-0.15, -0.1) is 0 Å². The maximum atomic E-state index is 13.7. The number of likely N-dealkylation sites (tertiary alicyclic amines) is 1. The van der Waals surface area contributed by atoms with Crippen LogP contribution in [-0.4, -0.2) is 48.4 Å². The molecule has 2 aromatic carbocycles. The number of amides is 1. The lowest BCUT2D eigenvalue weighted by Gasteiger charge is -2.48. The van der Waals surface area contributed by atoms with Crippen molar-refractivity contribution in [3.63, 3.8) is 0 Å². The molecular formula is C25H29Cl2NO5S. The highest BCUT2D eigenvalue weighted by Gasteiger charge is 2.46. The fraction of sp³-hybridized carbons (Fsp3) is 0.440. The largest absolute Gasteiger partial charge is 0.481 e. The standard InChI is InChI=1S/C25H29Cl2NO5S/c1-3-21(11-12-34(2,32)33)28-24(16-7-9-19(26)10-8-16)22(17-5-4-6-20(27)13-17)14-18(25(28)31)15-23(29)30/h4-10,13,18,21-22,24H,3,11-12,14-15H2,1-2H3,(H,29,30)/t18-,21?,22?,24-/m1/s1. The summed E-state index contributed by atoms with van der Waals surface area (Å²) < 4.78 is 23.9. The van der Waals surface area contributed by atoms with Crippen LogP contribution < -0.4 is 0 Å². The number of carboxylic acid groups (broad SMARTS) is 1. The van der Waals surface area contributed by atoms with Gasteiger partial charge in [-0.3, -0.25) is 9.59 Å². The lowest BCUT2D eigenvalue weighted by molar-refractivity contribution is -0.152. The quantitative estimate of drug-likeness (QED) is 0.475. The van der Waals surface area contributed by atoms with E-state index >= 15 is 0 Å². The maximum Gasteiger partial charge on any atom is 0.304 e. The Morgan fingerprint density at radius 1 is 1.12 bits per heavy atom. The van der Waals surface area contributed by atoms with Crippen LogP contribution in [0.25, 0.3) is 0 Å². The van der Waals surface area contributed by atoms with Crippen LogP contribution >= 0.6 is 23.2 Å². The van der Waals surface area contributed by atoms with Crippen LogP contribution in [0.3, 0.4) is 0 Å². The van der Waals surface area contributed by atoms with Crippen LogP contribution in [0.4, 0.5) is 0 Å². The van der Waals surface area contributed by atoms with Crippen molar-refractivity contribution in [1.82, 2.24) is 4.90 Å². The number of carboxylic acids is 1. The molecule has 9 heteroatoms. The van der Waals surface area contributed by atoms with E-state index in [0.717, 1.165) is 11.1 Å². The second-order valence-corrected chi connectivity index (χ2v) is 12.0. The number of rotatable bonds is 9. The zero-order valence-corrected chi connectivity index (χ0v) is 21.5. The number of aliphatic carboxylic acids is 1. The van der Waals surface area contributed by atoms with E-state index in [4.69, 9.17) is 23.2 Å². The fourth-order valence-electron chi connectivity index (χ4n) is 4.86. The molecule has 184 valence electrons. The first-order valence-electron chi connectivity index (χ1n) is 11.2. The van der Waals surface area contributed by atoms with Gasteiger partial charge in [0.05, 0.1) is 18.2 Å². The molecule has 34 heavy (non-hydrogen) atoms. The van der Waals surface area contributed by atoms with Gasteiger partial charge in [0.25, 0.3) is 0 Å². The number of hydrogen-bond donors (Lipinski definition) is 1. The SMILES string of the molecule is CCC(CCS(C)(=O)=O)N1C(=O)[C@@H](CC(=O)O)CC(c2cccc(Cl)c2)[C@H]1c1ccc(Cl)cc1. The fourth-order valence-corrected chi connectivity index (χ4v) is 5.89. The summed E-state index contributed by atoms with van der Waals surface area (Å²) in [5.41, 5.74) is 1.76. The van der Waals surface area contributed by atoms with Gasteiger partial charge in [-0.05, 0) is 54.7 Å². The summed E-state index contributed by atoms with van der Waals surface area (Å²) in [6.07, 6.45) is 2.04. The first-order chi connectivity index (χ1) is 16.0. The summed E-state index contributed by atoms with van der Waals surface area (Å²) in [5.74, 6) is -2.32. The highest BCUT2D eigenvalue weighted by Crippen LogP contribution is 2.48. The molecule has 0 spiro atoms. The van der Waals surface area contributed by atoms with Crippen LogP contribution in [-0.2, 0) is 19.4 Å². The van der Waals surface area contributed by atoms with Gasteiger partial charge in [0, 0.05) is 34.2 Å². The van der Waals surface area contributed by atoms with Gasteiger partial charge in [-0.2, -0.15) is 0 Å². The van der Waals surface area contributed by atoms with E-state index in [1.54, 1.807) is 23.1 Å². The van der Waals surface area contributed by atoms with Gasteiger partial charge in [0.15, 0.2) is 0 Å². The molecule has 1 aliphatic rings. The van der Waals surface area contributed by atoms with Crippen molar-refractivity contribution in [2.75, 3.05) is 12.0 Å². The van der Waals surface area contributed by atoms with Crippen LogP contribution in [0, 0.1) is 5.92 Å². The van der Waals surface area contributed by atoms with Crippen LogP contribution in [0.2, 0.25) is 10.0 Å². The number of carbonyl (C=O) groups is 2. The molecule has 1 fully saturated rings. The Labute approximate surface area is 210 Å². The van der Waals surface area contributed by atoms with Crippen LogP contribution in [0.5, 0.6) is 0 Å². The molecule has 0 aromatic heterocycles. The topological polar surface area (TPSA) is 91.8 Å². The van der Waals surface area contributed by atoms with E-state index in [1.807, 2.05) is 37.3 Å². The molecule has 2 aromatic rings. The molecule has 1 heterocycles. The lowest BCUT2D eigenvalue weighted by Crippen LogP contribution is -2.52. The van der Waals surface area contributed by atoms with E-state index in [9.17, 15) is 23.1 Å². The molecular weight excluding hydrogens is 497 g/mol. The van der Waals surface area contributed by atoms with Gasteiger partial charge >= 0.3 is 5.97 Å². The van der Waals surface area contributed by atoms with Gasteiger partial charge in [0.1, 0.15) is 9.84 Å². The molecule has 1 amide bonds. The number of nitrogens with zero attached hydrogens (tertiary/aromatic N) is 1. The van der Waals surface area contributed by atoms with Crippen LogP contribution in [0.1, 0.15) is 55.7 Å². The van der Waals surface area contributed by atoms with E-state index in [1.165, 1.54) is 6.26 Å². The zero-order valence-electron chi connectivity index (χ0n) is 19.2. The second kappa shape index (κ2) is 11.1. The molecule has 0 saturated carbocycles. The summed E-state index contributed by atoms with van der Waals surface area (Å²) in [7, 11) is -3.24. The molecule has 3 rings (SSSR count).